The summed E-state index contributed by atoms with van der Waals surface area (Å²) in [7, 11) is -1.87. The largest absolute Gasteiger partial charge is 0.481 e. The summed E-state index contributed by atoms with van der Waals surface area (Å²) < 4.78 is 42.7. The molecule has 0 aromatic heterocycles. The zero-order chi connectivity index (χ0) is 20.7. The summed E-state index contributed by atoms with van der Waals surface area (Å²) >= 11 is 0. The minimum Gasteiger partial charge on any atom is -0.481 e. The number of hydrogen-bond donors (Lipinski definition) is 1. The number of carbonyl (C=O) groups is 1. The highest BCUT2D eigenvalue weighted by atomic mass is 32.2. The first-order chi connectivity index (χ1) is 13.2. The molecular weight excluding hydrogens is 383 g/mol. The molecule has 2 rings (SSSR count). The van der Waals surface area contributed by atoms with Gasteiger partial charge in [-0.25, -0.2) is 12.8 Å². The second-order valence-corrected chi connectivity index (χ2v) is 8.52. The van der Waals surface area contributed by atoms with Gasteiger partial charge in [-0.15, -0.1) is 0 Å². The van der Waals surface area contributed by atoms with Crippen molar-refractivity contribution in [2.45, 2.75) is 25.9 Å². The summed E-state index contributed by atoms with van der Waals surface area (Å²) in [6.07, 6.45) is 1.91. The van der Waals surface area contributed by atoms with Crippen molar-refractivity contribution in [3.8, 4) is 5.75 Å². The van der Waals surface area contributed by atoms with Crippen LogP contribution < -0.4 is 14.4 Å². The van der Waals surface area contributed by atoms with Crippen LogP contribution in [0.2, 0.25) is 0 Å². The quantitative estimate of drug-likeness (QED) is 0.648. The van der Waals surface area contributed by atoms with E-state index in [9.17, 15) is 17.6 Å². The third-order valence-electron chi connectivity index (χ3n) is 4.23. The number of nitrogens with zero attached hydrogens (tertiary/aromatic N) is 1. The lowest BCUT2D eigenvalue weighted by atomic mass is 10.1. The molecule has 1 N–H and O–H groups in total. The van der Waals surface area contributed by atoms with E-state index in [1.165, 1.54) is 19.2 Å². The Kier molecular flexibility index (Phi) is 7.39. The topological polar surface area (TPSA) is 75.7 Å². The number of halogens is 1. The number of rotatable bonds is 9. The van der Waals surface area contributed by atoms with Crippen LogP contribution in [0.4, 0.5) is 10.1 Å². The smallest absolute Gasteiger partial charge is 0.260 e. The second kappa shape index (κ2) is 9.54. The highest BCUT2D eigenvalue weighted by Gasteiger charge is 2.15. The van der Waals surface area contributed by atoms with Crippen molar-refractivity contribution < 1.29 is 22.3 Å². The number of aryl methyl sites for hydroxylation is 1. The lowest BCUT2D eigenvalue weighted by Crippen LogP contribution is -2.36. The minimum absolute atomic E-state index is 0.239. The standard InChI is InChI=1S/C20H25FN2O4S/c1-15(20(24)22-14-4-5-16-6-8-17(21)9-7-16)27-19-12-10-18(11-13-19)23(2)28(3,25)26/h6-13,15H,4-5,14H2,1-3H3,(H,22,24)/t15-/m1/s1. The van der Waals surface area contributed by atoms with Crippen molar-refractivity contribution in [3.05, 3.63) is 59.9 Å². The Balaban J connectivity index is 1.77. The van der Waals surface area contributed by atoms with Gasteiger partial charge in [-0.05, 0) is 61.7 Å². The Morgan fingerprint density at radius 1 is 1.14 bits per heavy atom. The molecular formula is C20H25FN2O4S. The molecule has 2 aromatic rings. The van der Waals surface area contributed by atoms with Gasteiger partial charge in [0.15, 0.2) is 6.10 Å². The molecule has 0 aliphatic carbocycles. The SMILES string of the molecule is C[C@@H](Oc1ccc(N(C)S(C)(=O)=O)cc1)C(=O)NCCCc1ccc(F)cc1. The lowest BCUT2D eigenvalue weighted by molar-refractivity contribution is -0.127. The number of anilines is 1. The molecule has 28 heavy (non-hydrogen) atoms. The lowest BCUT2D eigenvalue weighted by Gasteiger charge is -2.18. The fraction of sp³-hybridized carbons (Fsp3) is 0.350. The zero-order valence-electron chi connectivity index (χ0n) is 16.2. The first-order valence-electron chi connectivity index (χ1n) is 8.89. The number of sulfonamides is 1. The maximum atomic E-state index is 12.9. The first kappa shape index (κ1) is 21.7. The van der Waals surface area contributed by atoms with Crippen LogP contribution >= 0.6 is 0 Å². The van der Waals surface area contributed by atoms with Crippen LogP contribution in [-0.2, 0) is 21.2 Å². The van der Waals surface area contributed by atoms with Gasteiger partial charge >= 0.3 is 0 Å². The number of amides is 1. The molecule has 0 saturated heterocycles. The van der Waals surface area contributed by atoms with Crippen LogP contribution in [0.15, 0.2) is 48.5 Å². The zero-order valence-corrected chi connectivity index (χ0v) is 17.0. The number of ether oxygens (including phenoxy) is 1. The Morgan fingerprint density at radius 2 is 1.75 bits per heavy atom. The Hall–Kier alpha value is -2.61. The molecule has 0 heterocycles. The first-order valence-corrected chi connectivity index (χ1v) is 10.7. The molecule has 0 bridgehead atoms. The van der Waals surface area contributed by atoms with Gasteiger partial charge in [-0.2, -0.15) is 0 Å². The van der Waals surface area contributed by atoms with Gasteiger partial charge in [-0.3, -0.25) is 9.10 Å². The van der Waals surface area contributed by atoms with E-state index < -0.39 is 16.1 Å². The van der Waals surface area contributed by atoms with E-state index in [0.29, 0.717) is 18.0 Å². The summed E-state index contributed by atoms with van der Waals surface area (Å²) in [5.74, 6) is -0.0323. The number of hydrogen-bond acceptors (Lipinski definition) is 4. The van der Waals surface area contributed by atoms with Crippen LogP contribution in [0.1, 0.15) is 18.9 Å². The molecule has 0 aliphatic rings. The van der Waals surface area contributed by atoms with Crippen LogP contribution in [0, 0.1) is 5.82 Å². The van der Waals surface area contributed by atoms with Crippen molar-refractivity contribution in [1.29, 1.82) is 0 Å². The average Bonchev–Trinajstić information content (AvgIpc) is 2.65. The van der Waals surface area contributed by atoms with Crippen LogP contribution in [0.25, 0.3) is 0 Å². The molecule has 0 aliphatic heterocycles. The third kappa shape index (κ3) is 6.53. The third-order valence-corrected chi connectivity index (χ3v) is 5.44. The van der Waals surface area contributed by atoms with Crippen molar-refractivity contribution >= 4 is 21.6 Å². The number of benzene rings is 2. The highest BCUT2D eigenvalue weighted by molar-refractivity contribution is 7.92. The maximum absolute atomic E-state index is 12.9. The van der Waals surface area contributed by atoms with Crippen molar-refractivity contribution in [2.75, 3.05) is 24.2 Å². The molecule has 0 spiro atoms. The summed E-state index contributed by atoms with van der Waals surface area (Å²) in [5, 5.41) is 2.81. The van der Waals surface area contributed by atoms with E-state index in [2.05, 4.69) is 5.32 Å². The molecule has 0 radical (unpaired) electrons. The summed E-state index contributed by atoms with van der Waals surface area (Å²) in [4.78, 5) is 12.1. The van der Waals surface area contributed by atoms with E-state index in [0.717, 1.165) is 29.0 Å². The molecule has 6 nitrogen and oxygen atoms in total. The number of nitrogens with one attached hydrogen (secondary N) is 1. The van der Waals surface area contributed by atoms with E-state index in [-0.39, 0.29) is 11.7 Å². The average molecular weight is 408 g/mol. The van der Waals surface area contributed by atoms with Crippen LogP contribution in [0.5, 0.6) is 5.75 Å². The van der Waals surface area contributed by atoms with Crippen molar-refractivity contribution in [2.24, 2.45) is 0 Å². The van der Waals surface area contributed by atoms with Gasteiger partial charge in [0.25, 0.3) is 5.91 Å². The fourth-order valence-electron chi connectivity index (χ4n) is 2.48. The van der Waals surface area contributed by atoms with Crippen molar-refractivity contribution in [1.82, 2.24) is 5.32 Å². The second-order valence-electron chi connectivity index (χ2n) is 6.51. The normalized spacial score (nSPS) is 12.3. The summed E-state index contributed by atoms with van der Waals surface area (Å²) in [6.45, 7) is 2.13. The number of carbonyl (C=O) groups excluding carboxylic acids is 1. The van der Waals surface area contributed by atoms with E-state index in [4.69, 9.17) is 4.74 Å². The van der Waals surface area contributed by atoms with Gasteiger partial charge in [0.1, 0.15) is 11.6 Å². The van der Waals surface area contributed by atoms with Gasteiger partial charge < -0.3 is 10.1 Å². The Labute approximate surface area is 165 Å². The predicted octanol–water partition coefficient (Wildman–Crippen LogP) is 2.74. The van der Waals surface area contributed by atoms with Crippen LogP contribution in [0.3, 0.4) is 0 Å². The molecule has 1 atom stereocenters. The molecule has 2 aromatic carbocycles. The summed E-state index contributed by atoms with van der Waals surface area (Å²) in [5.41, 5.74) is 1.52. The van der Waals surface area contributed by atoms with E-state index >= 15 is 0 Å². The van der Waals surface area contributed by atoms with E-state index in [1.807, 2.05) is 0 Å². The molecule has 1 amide bonds. The fourth-order valence-corrected chi connectivity index (χ4v) is 2.99. The molecule has 0 saturated carbocycles. The molecule has 0 fully saturated rings. The summed E-state index contributed by atoms with van der Waals surface area (Å²) in [6, 6.07) is 12.8. The Morgan fingerprint density at radius 3 is 2.32 bits per heavy atom. The maximum Gasteiger partial charge on any atom is 0.260 e. The molecule has 152 valence electrons. The van der Waals surface area contributed by atoms with Gasteiger partial charge in [0.2, 0.25) is 10.0 Å². The van der Waals surface area contributed by atoms with Crippen LogP contribution in [-0.4, -0.2) is 40.3 Å². The minimum atomic E-state index is -3.33. The van der Waals surface area contributed by atoms with E-state index in [1.54, 1.807) is 43.3 Å². The molecule has 8 heteroatoms. The monoisotopic (exact) mass is 408 g/mol. The highest BCUT2D eigenvalue weighted by Crippen LogP contribution is 2.21. The molecule has 0 unspecified atom stereocenters. The predicted molar refractivity (Wildman–Crippen MR) is 108 cm³/mol. The van der Waals surface area contributed by atoms with Gasteiger partial charge in [-0.1, -0.05) is 12.1 Å². The van der Waals surface area contributed by atoms with Gasteiger partial charge in [0, 0.05) is 13.6 Å². The van der Waals surface area contributed by atoms with Gasteiger partial charge in [0.05, 0.1) is 11.9 Å². The Bertz CT molecular complexity index is 883. The van der Waals surface area contributed by atoms with Crippen molar-refractivity contribution in [3.63, 3.8) is 0 Å².